The summed E-state index contributed by atoms with van der Waals surface area (Å²) in [6.07, 6.45) is 0. The average molecular weight is 361 g/mol. The Morgan fingerprint density at radius 2 is 1.94 bits per heavy atom. The maximum absolute atomic E-state index is 11.5. The van der Waals surface area contributed by atoms with Crippen LogP contribution in [0.25, 0.3) is 11.3 Å². The first kappa shape index (κ1) is 12.6. The Kier molecular flexibility index (Phi) is 3.53. The fourth-order valence-electron chi connectivity index (χ4n) is 1.67. The van der Waals surface area contributed by atoms with Crippen LogP contribution in [0.4, 0.5) is 0 Å². The Morgan fingerprint density at radius 3 is 2.41 bits per heavy atom. The molecule has 5 heteroatoms. The van der Waals surface area contributed by atoms with Crippen LogP contribution in [0.2, 0.25) is 5.02 Å². The summed E-state index contributed by atoms with van der Waals surface area (Å²) in [4.78, 5) is 11.5. The fourth-order valence-corrected chi connectivity index (χ4v) is 2.95. The maximum Gasteiger partial charge on any atom is 0.178 e. The molecule has 3 nitrogen and oxygen atoms in total. The first-order chi connectivity index (χ1) is 8.00. The van der Waals surface area contributed by atoms with E-state index >= 15 is 0 Å². The highest BCUT2D eigenvalue weighted by atomic mass is 127. The zero-order valence-electron chi connectivity index (χ0n) is 9.37. The van der Waals surface area contributed by atoms with Crippen LogP contribution in [0.5, 0.6) is 0 Å². The van der Waals surface area contributed by atoms with Gasteiger partial charge in [0, 0.05) is 24.6 Å². The fraction of sp³-hybridized carbons (Fsp3) is 0.167. The van der Waals surface area contributed by atoms with Gasteiger partial charge < -0.3 is 0 Å². The molecule has 17 heavy (non-hydrogen) atoms. The molecule has 2 aromatic rings. The molecule has 0 saturated heterocycles. The van der Waals surface area contributed by atoms with Gasteiger partial charge in [-0.25, -0.2) is 0 Å². The molecule has 0 amide bonds. The van der Waals surface area contributed by atoms with Gasteiger partial charge in [-0.1, -0.05) is 23.7 Å². The van der Waals surface area contributed by atoms with Gasteiger partial charge >= 0.3 is 0 Å². The summed E-state index contributed by atoms with van der Waals surface area (Å²) < 4.78 is 2.49. The molecule has 88 valence electrons. The quantitative estimate of drug-likeness (QED) is 0.606. The van der Waals surface area contributed by atoms with Crippen LogP contribution in [0.1, 0.15) is 17.4 Å². The number of aromatic nitrogens is 2. The molecular weight excluding hydrogens is 351 g/mol. The summed E-state index contributed by atoms with van der Waals surface area (Å²) in [6.45, 7) is 1.55. The van der Waals surface area contributed by atoms with Crippen LogP contribution in [-0.2, 0) is 7.05 Å². The van der Waals surface area contributed by atoms with Crippen molar-refractivity contribution in [1.29, 1.82) is 0 Å². The highest BCUT2D eigenvalue weighted by molar-refractivity contribution is 14.1. The lowest BCUT2D eigenvalue weighted by Crippen LogP contribution is -2.03. The first-order valence-corrected chi connectivity index (χ1v) is 6.45. The second kappa shape index (κ2) is 4.78. The number of rotatable bonds is 2. The number of hydrogen-bond donors (Lipinski definition) is 0. The minimum absolute atomic E-state index is 0.0182. The number of halogens is 2. The molecule has 0 N–H and O–H groups in total. The van der Waals surface area contributed by atoms with Gasteiger partial charge in [-0.15, -0.1) is 0 Å². The Morgan fingerprint density at radius 1 is 1.35 bits per heavy atom. The molecule has 0 aliphatic rings. The molecule has 0 saturated carbocycles. The number of benzene rings is 1. The van der Waals surface area contributed by atoms with Crippen molar-refractivity contribution in [2.45, 2.75) is 6.92 Å². The summed E-state index contributed by atoms with van der Waals surface area (Å²) in [5, 5.41) is 5.06. The van der Waals surface area contributed by atoms with E-state index in [9.17, 15) is 4.79 Å². The number of nitrogens with zero attached hydrogens (tertiary/aromatic N) is 2. The van der Waals surface area contributed by atoms with Crippen LogP contribution in [0, 0.1) is 3.57 Å². The van der Waals surface area contributed by atoms with E-state index < -0.39 is 0 Å². The van der Waals surface area contributed by atoms with Gasteiger partial charge in [-0.05, 0) is 34.7 Å². The van der Waals surface area contributed by atoms with Crippen molar-refractivity contribution in [2.75, 3.05) is 0 Å². The SMILES string of the molecule is CC(=O)c1c(I)c(-c2ccc(Cl)cc2)nn1C. The van der Waals surface area contributed by atoms with Gasteiger partial charge in [0.1, 0.15) is 11.4 Å². The van der Waals surface area contributed by atoms with E-state index in [0.717, 1.165) is 14.8 Å². The van der Waals surface area contributed by atoms with Crippen LogP contribution >= 0.6 is 34.2 Å². The zero-order valence-corrected chi connectivity index (χ0v) is 12.3. The smallest absolute Gasteiger partial charge is 0.178 e. The molecule has 1 heterocycles. The number of aryl methyl sites for hydroxylation is 1. The summed E-state index contributed by atoms with van der Waals surface area (Å²) in [6, 6.07) is 7.43. The Bertz CT molecular complexity index is 575. The molecule has 0 spiro atoms. The number of carbonyl (C=O) groups is 1. The monoisotopic (exact) mass is 360 g/mol. The molecule has 2 rings (SSSR count). The Labute approximate surface area is 118 Å². The predicted molar refractivity (Wildman–Crippen MR) is 76.4 cm³/mol. The third-order valence-electron chi connectivity index (χ3n) is 2.44. The second-order valence-corrected chi connectivity index (χ2v) is 5.21. The molecule has 1 aromatic heterocycles. The molecule has 0 aliphatic heterocycles. The molecule has 0 unspecified atom stereocenters. The highest BCUT2D eigenvalue weighted by Crippen LogP contribution is 2.27. The van der Waals surface area contributed by atoms with Crippen molar-refractivity contribution in [3.05, 3.63) is 38.6 Å². The van der Waals surface area contributed by atoms with E-state index in [0.29, 0.717) is 10.7 Å². The molecule has 1 aromatic carbocycles. The minimum Gasteiger partial charge on any atom is -0.293 e. The average Bonchev–Trinajstić information content (AvgIpc) is 2.55. The number of hydrogen-bond acceptors (Lipinski definition) is 2. The van der Waals surface area contributed by atoms with Gasteiger partial charge in [-0.2, -0.15) is 5.10 Å². The van der Waals surface area contributed by atoms with E-state index in [1.807, 2.05) is 24.3 Å². The molecule has 0 atom stereocenters. The first-order valence-electron chi connectivity index (χ1n) is 5.00. The number of carbonyl (C=O) groups excluding carboxylic acids is 1. The van der Waals surface area contributed by atoms with E-state index in [4.69, 9.17) is 11.6 Å². The van der Waals surface area contributed by atoms with Crippen molar-refractivity contribution in [1.82, 2.24) is 9.78 Å². The molecule has 0 aliphatic carbocycles. The van der Waals surface area contributed by atoms with Crippen molar-refractivity contribution in [3.8, 4) is 11.3 Å². The van der Waals surface area contributed by atoms with Crippen LogP contribution < -0.4 is 0 Å². The normalized spacial score (nSPS) is 10.6. The van der Waals surface area contributed by atoms with E-state index in [-0.39, 0.29) is 5.78 Å². The van der Waals surface area contributed by atoms with Gasteiger partial charge in [0.25, 0.3) is 0 Å². The van der Waals surface area contributed by atoms with E-state index in [2.05, 4.69) is 27.7 Å². The van der Waals surface area contributed by atoms with Gasteiger partial charge in [0.2, 0.25) is 0 Å². The van der Waals surface area contributed by atoms with Crippen molar-refractivity contribution >= 4 is 40.0 Å². The lowest BCUT2D eigenvalue weighted by Gasteiger charge is -1.97. The summed E-state index contributed by atoms with van der Waals surface area (Å²) >= 11 is 8.00. The summed E-state index contributed by atoms with van der Waals surface area (Å²) in [5.41, 5.74) is 2.41. The van der Waals surface area contributed by atoms with E-state index in [1.165, 1.54) is 0 Å². The minimum atomic E-state index is 0.0182. The summed E-state index contributed by atoms with van der Waals surface area (Å²) in [7, 11) is 1.78. The van der Waals surface area contributed by atoms with Crippen molar-refractivity contribution < 1.29 is 4.79 Å². The molecular formula is C12H10ClIN2O. The van der Waals surface area contributed by atoms with Gasteiger partial charge in [0.05, 0.1) is 3.57 Å². The van der Waals surface area contributed by atoms with E-state index in [1.54, 1.807) is 18.7 Å². The predicted octanol–water partition coefficient (Wildman–Crippen LogP) is 3.55. The Hall–Kier alpha value is -0.880. The lowest BCUT2D eigenvalue weighted by atomic mass is 10.1. The second-order valence-electron chi connectivity index (χ2n) is 3.70. The third kappa shape index (κ3) is 2.37. The largest absolute Gasteiger partial charge is 0.293 e. The lowest BCUT2D eigenvalue weighted by molar-refractivity contribution is 0.100. The number of ketones is 1. The topological polar surface area (TPSA) is 34.9 Å². The van der Waals surface area contributed by atoms with Crippen LogP contribution in [0.3, 0.4) is 0 Å². The van der Waals surface area contributed by atoms with Crippen molar-refractivity contribution in [3.63, 3.8) is 0 Å². The molecule has 0 bridgehead atoms. The Balaban J connectivity index is 2.57. The summed E-state index contributed by atoms with van der Waals surface area (Å²) in [5.74, 6) is 0.0182. The number of Topliss-reactive ketones (excluding diaryl/α,β-unsaturated/α-hetero) is 1. The molecule has 0 radical (unpaired) electrons. The van der Waals surface area contributed by atoms with Crippen LogP contribution in [0.15, 0.2) is 24.3 Å². The highest BCUT2D eigenvalue weighted by Gasteiger charge is 2.18. The maximum atomic E-state index is 11.5. The third-order valence-corrected chi connectivity index (χ3v) is 3.71. The van der Waals surface area contributed by atoms with Crippen molar-refractivity contribution in [2.24, 2.45) is 7.05 Å². The zero-order chi connectivity index (χ0) is 12.6. The van der Waals surface area contributed by atoms with Gasteiger partial charge in [0.15, 0.2) is 5.78 Å². The molecule has 0 fully saturated rings. The van der Waals surface area contributed by atoms with Crippen LogP contribution in [-0.4, -0.2) is 15.6 Å². The standard InChI is InChI=1S/C12H10ClIN2O/c1-7(17)12-10(14)11(15-16(12)2)8-3-5-9(13)6-4-8/h3-6H,1-2H3. The van der Waals surface area contributed by atoms with Gasteiger partial charge in [-0.3, -0.25) is 9.48 Å².